The number of rotatable bonds is 3. The monoisotopic (exact) mass is 370 g/mol. The Morgan fingerprint density at radius 2 is 2.04 bits per heavy atom. The van der Waals surface area contributed by atoms with Crippen molar-refractivity contribution in [1.82, 2.24) is 30.0 Å². The van der Waals surface area contributed by atoms with Gasteiger partial charge >= 0.3 is 0 Å². The number of anilines is 2. The Morgan fingerprint density at radius 1 is 1.26 bits per heavy atom. The highest BCUT2D eigenvalue weighted by molar-refractivity contribution is 5.79. The number of aryl methyl sites for hydroxylation is 1. The number of hydrogen-bond acceptors (Lipinski definition) is 7. The maximum Gasteiger partial charge on any atom is 0.241 e. The van der Waals surface area contributed by atoms with E-state index >= 15 is 0 Å². The zero-order valence-corrected chi connectivity index (χ0v) is 15.6. The molecule has 1 aliphatic carbocycles. The normalized spacial score (nSPS) is 21.0. The Kier molecular flexibility index (Phi) is 4.69. The first-order valence-corrected chi connectivity index (χ1v) is 9.44. The largest absolute Gasteiger partial charge is 0.368 e. The Morgan fingerprint density at radius 3 is 2.74 bits per heavy atom. The number of fused-ring (bicyclic) bond motifs is 1. The molecule has 2 aliphatic rings. The minimum Gasteiger partial charge on any atom is -0.368 e. The molecule has 2 aromatic rings. The Labute approximate surface area is 158 Å². The number of hydrogen-bond donors (Lipinski definition) is 3. The quantitative estimate of drug-likeness (QED) is 0.701. The summed E-state index contributed by atoms with van der Waals surface area (Å²) in [7, 11) is 2.10. The van der Waals surface area contributed by atoms with E-state index in [4.69, 9.17) is 11.5 Å². The van der Waals surface area contributed by atoms with Crippen LogP contribution in [0.15, 0.2) is 12.3 Å². The first-order chi connectivity index (χ1) is 13.0. The maximum atomic E-state index is 12.6. The number of likely N-dealkylation sites (tertiary alicyclic amines) is 1. The Hall–Kier alpha value is -2.68. The lowest BCUT2D eigenvalue weighted by molar-refractivity contribution is -0.127. The topological polar surface area (TPSA) is 128 Å². The number of carbonyl (C=O) groups excluding carboxylic acids is 1. The van der Waals surface area contributed by atoms with Gasteiger partial charge in [0.25, 0.3) is 0 Å². The molecule has 144 valence electrons. The maximum absolute atomic E-state index is 12.6. The van der Waals surface area contributed by atoms with E-state index in [1.54, 1.807) is 6.20 Å². The van der Waals surface area contributed by atoms with E-state index in [1.807, 2.05) is 6.07 Å². The van der Waals surface area contributed by atoms with Gasteiger partial charge in [0.05, 0.1) is 11.9 Å². The van der Waals surface area contributed by atoms with Crippen molar-refractivity contribution in [2.75, 3.05) is 31.6 Å². The summed E-state index contributed by atoms with van der Waals surface area (Å²) in [6.45, 7) is 1.97. The number of aromatic nitrogens is 4. The molecule has 1 unspecified atom stereocenters. The van der Waals surface area contributed by atoms with E-state index in [2.05, 4.69) is 32.3 Å². The molecule has 3 heterocycles. The van der Waals surface area contributed by atoms with E-state index in [9.17, 15) is 4.79 Å². The average Bonchev–Trinajstić information content (AvgIpc) is 3.00. The van der Waals surface area contributed by atoms with Crippen molar-refractivity contribution in [3.63, 3.8) is 0 Å². The van der Waals surface area contributed by atoms with Gasteiger partial charge in [0, 0.05) is 17.7 Å². The van der Waals surface area contributed by atoms with Gasteiger partial charge < -0.3 is 21.7 Å². The minimum absolute atomic E-state index is 0.130. The molecule has 1 saturated heterocycles. The van der Waals surface area contributed by atoms with Crippen molar-refractivity contribution in [1.29, 1.82) is 0 Å². The highest BCUT2D eigenvalue weighted by atomic mass is 16.1. The van der Waals surface area contributed by atoms with Gasteiger partial charge in [-0.2, -0.15) is 9.67 Å². The minimum atomic E-state index is 0.130. The number of amides is 1. The van der Waals surface area contributed by atoms with Crippen LogP contribution in [0.4, 0.5) is 11.9 Å². The molecule has 1 atom stereocenters. The van der Waals surface area contributed by atoms with Crippen molar-refractivity contribution in [3.8, 4) is 5.69 Å². The van der Waals surface area contributed by atoms with Crippen LogP contribution in [0.3, 0.4) is 0 Å². The summed E-state index contributed by atoms with van der Waals surface area (Å²) in [5.41, 5.74) is 14.4. The second kappa shape index (κ2) is 7.15. The lowest BCUT2D eigenvalue weighted by atomic mass is 9.90. The summed E-state index contributed by atoms with van der Waals surface area (Å²) in [4.78, 5) is 23.4. The molecular formula is C18H26N8O. The van der Waals surface area contributed by atoms with Crippen LogP contribution >= 0.6 is 0 Å². The smallest absolute Gasteiger partial charge is 0.241 e. The van der Waals surface area contributed by atoms with Crippen LogP contribution in [0.25, 0.3) is 5.69 Å². The van der Waals surface area contributed by atoms with Crippen LogP contribution in [-0.2, 0) is 17.6 Å². The third-order valence-corrected chi connectivity index (χ3v) is 5.57. The van der Waals surface area contributed by atoms with Crippen molar-refractivity contribution < 1.29 is 4.79 Å². The van der Waals surface area contributed by atoms with E-state index in [-0.39, 0.29) is 29.8 Å². The molecular weight excluding hydrogens is 344 g/mol. The molecule has 0 spiro atoms. The molecule has 9 nitrogen and oxygen atoms in total. The van der Waals surface area contributed by atoms with E-state index in [0.29, 0.717) is 0 Å². The molecule has 0 aromatic carbocycles. The molecule has 1 fully saturated rings. The van der Waals surface area contributed by atoms with Gasteiger partial charge in [-0.3, -0.25) is 9.78 Å². The number of nitrogens with two attached hydrogens (primary N) is 2. The molecule has 1 amide bonds. The fourth-order valence-electron chi connectivity index (χ4n) is 3.97. The van der Waals surface area contributed by atoms with Gasteiger partial charge in [-0.05, 0) is 63.9 Å². The Balaban J connectivity index is 1.45. The fraction of sp³-hybridized carbons (Fsp3) is 0.556. The van der Waals surface area contributed by atoms with Gasteiger partial charge in [-0.1, -0.05) is 0 Å². The lowest BCUT2D eigenvalue weighted by Gasteiger charge is -2.31. The molecule has 0 saturated carbocycles. The van der Waals surface area contributed by atoms with Crippen molar-refractivity contribution in [2.45, 2.75) is 38.1 Å². The first kappa shape index (κ1) is 17.7. The van der Waals surface area contributed by atoms with E-state index in [1.165, 1.54) is 4.68 Å². The van der Waals surface area contributed by atoms with Gasteiger partial charge in [0.15, 0.2) is 0 Å². The third kappa shape index (κ3) is 3.73. The van der Waals surface area contributed by atoms with E-state index in [0.717, 1.165) is 62.1 Å². The number of nitrogens with one attached hydrogen (secondary N) is 1. The standard InChI is InChI=1S/C18H26N8O/c1-25-6-4-11(5-7-25)16(27)22-13-2-3-15-12(8-13)9-14(10-21-15)26-18(20)23-17(19)24-26/h9-11,13H,2-8H2,1H3,(H,22,27)(H4,19,20,23,24). The highest BCUT2D eigenvalue weighted by Gasteiger charge is 2.27. The third-order valence-electron chi connectivity index (χ3n) is 5.57. The van der Waals surface area contributed by atoms with Crippen LogP contribution in [0.1, 0.15) is 30.5 Å². The highest BCUT2D eigenvalue weighted by Crippen LogP contribution is 2.24. The summed E-state index contributed by atoms with van der Waals surface area (Å²) in [6, 6.07) is 2.15. The molecule has 4 rings (SSSR count). The molecule has 27 heavy (non-hydrogen) atoms. The van der Waals surface area contributed by atoms with Gasteiger partial charge in [0.1, 0.15) is 0 Å². The predicted molar refractivity (Wildman–Crippen MR) is 102 cm³/mol. The van der Waals surface area contributed by atoms with Crippen LogP contribution in [0, 0.1) is 5.92 Å². The number of nitrogen functional groups attached to an aromatic ring is 2. The Bertz CT molecular complexity index is 840. The number of pyridine rings is 1. The molecule has 2 aromatic heterocycles. The summed E-state index contributed by atoms with van der Waals surface area (Å²) in [5, 5.41) is 7.36. The van der Waals surface area contributed by atoms with Gasteiger partial charge in [-0.25, -0.2) is 0 Å². The van der Waals surface area contributed by atoms with Crippen molar-refractivity contribution in [3.05, 3.63) is 23.5 Å². The second-order valence-corrected chi connectivity index (χ2v) is 7.57. The lowest BCUT2D eigenvalue weighted by Crippen LogP contribution is -2.45. The second-order valence-electron chi connectivity index (χ2n) is 7.57. The van der Waals surface area contributed by atoms with Crippen LogP contribution in [0.2, 0.25) is 0 Å². The zero-order chi connectivity index (χ0) is 19.0. The number of nitrogens with zero attached hydrogens (tertiary/aromatic N) is 5. The molecule has 0 bridgehead atoms. The van der Waals surface area contributed by atoms with E-state index < -0.39 is 0 Å². The van der Waals surface area contributed by atoms with Gasteiger partial charge in [0.2, 0.25) is 17.8 Å². The van der Waals surface area contributed by atoms with Crippen molar-refractivity contribution >= 4 is 17.8 Å². The summed E-state index contributed by atoms with van der Waals surface area (Å²) < 4.78 is 1.49. The van der Waals surface area contributed by atoms with Crippen LogP contribution < -0.4 is 16.8 Å². The molecule has 0 radical (unpaired) electrons. The zero-order valence-electron chi connectivity index (χ0n) is 15.6. The van der Waals surface area contributed by atoms with Crippen LogP contribution in [0.5, 0.6) is 0 Å². The van der Waals surface area contributed by atoms with Crippen molar-refractivity contribution in [2.24, 2.45) is 5.92 Å². The van der Waals surface area contributed by atoms with Crippen LogP contribution in [-0.4, -0.2) is 56.7 Å². The summed E-state index contributed by atoms with van der Waals surface area (Å²) in [5.74, 6) is 0.685. The first-order valence-electron chi connectivity index (χ1n) is 9.44. The fourth-order valence-corrected chi connectivity index (χ4v) is 3.97. The molecule has 9 heteroatoms. The number of piperidine rings is 1. The molecule has 5 N–H and O–H groups in total. The molecule has 1 aliphatic heterocycles. The summed E-state index contributed by atoms with van der Waals surface area (Å²) >= 11 is 0. The SMILES string of the molecule is CN1CCC(C(=O)NC2CCc3ncc(-n4nc(N)nc4N)cc3C2)CC1. The van der Waals surface area contributed by atoms with Gasteiger partial charge in [-0.15, -0.1) is 5.10 Å². The average molecular weight is 370 g/mol. The number of carbonyl (C=O) groups is 1. The predicted octanol–water partition coefficient (Wildman–Crippen LogP) is 0.142. The summed E-state index contributed by atoms with van der Waals surface area (Å²) in [6.07, 6.45) is 6.13.